The second-order valence-corrected chi connectivity index (χ2v) is 6.03. The van der Waals surface area contributed by atoms with Crippen molar-refractivity contribution in [3.8, 4) is 0 Å². The molecule has 0 aromatic carbocycles. The Balaban J connectivity index is 2.97. The molecule has 0 saturated heterocycles. The number of hydrogen-bond acceptors (Lipinski definition) is 4. The van der Waals surface area contributed by atoms with E-state index in [9.17, 15) is 13.2 Å². The van der Waals surface area contributed by atoms with Crippen LogP contribution in [0.4, 0.5) is 0 Å². The number of aromatic nitrogens is 1. The van der Waals surface area contributed by atoms with Crippen LogP contribution < -0.4 is 10.3 Å². The van der Waals surface area contributed by atoms with Crippen LogP contribution in [0.2, 0.25) is 0 Å². The van der Waals surface area contributed by atoms with Crippen LogP contribution in [0.1, 0.15) is 20.3 Å². The summed E-state index contributed by atoms with van der Waals surface area (Å²) < 4.78 is 26.3. The normalized spacial score (nSPS) is 12.6. The monoisotopic (exact) mass is 260 g/mol. The summed E-state index contributed by atoms with van der Waals surface area (Å²) in [5.41, 5.74) is -1.11. The van der Waals surface area contributed by atoms with Gasteiger partial charge < -0.3 is 10.1 Å². The number of sulfonamides is 1. The fourth-order valence-electron chi connectivity index (χ4n) is 1.32. The molecule has 1 aromatic heterocycles. The summed E-state index contributed by atoms with van der Waals surface area (Å²) in [4.78, 5) is 13.1. The highest BCUT2D eigenvalue weighted by Crippen LogP contribution is 2.13. The van der Waals surface area contributed by atoms with Gasteiger partial charge in [0.25, 0.3) is 0 Å². The Hall–Kier alpha value is -1.18. The van der Waals surface area contributed by atoms with Gasteiger partial charge in [0.15, 0.2) is 0 Å². The van der Waals surface area contributed by atoms with E-state index in [1.807, 2.05) is 0 Å². The van der Waals surface area contributed by atoms with E-state index in [0.29, 0.717) is 6.42 Å². The number of nitrogens with one attached hydrogen (secondary N) is 2. The standard InChI is InChI=1S/C10H16N2O4S/c1-10(2,5-6-13)12-17(15,16)8-3-4-9(14)11-7-8/h3-4,7,12-13H,5-6H2,1-2H3,(H,11,14). The van der Waals surface area contributed by atoms with E-state index in [1.165, 1.54) is 6.07 Å². The van der Waals surface area contributed by atoms with Crippen molar-refractivity contribution in [2.24, 2.45) is 0 Å². The summed E-state index contributed by atoms with van der Waals surface area (Å²) in [5, 5.41) is 8.82. The fourth-order valence-corrected chi connectivity index (χ4v) is 2.73. The van der Waals surface area contributed by atoms with Crippen LogP contribution in [0.3, 0.4) is 0 Å². The lowest BCUT2D eigenvalue weighted by molar-refractivity contribution is 0.245. The maximum atomic E-state index is 11.9. The Morgan fingerprint density at radius 2 is 2.06 bits per heavy atom. The van der Waals surface area contributed by atoms with E-state index in [2.05, 4.69) is 9.71 Å². The number of aromatic amines is 1. The molecular formula is C10H16N2O4S. The molecule has 1 rings (SSSR count). The molecule has 0 radical (unpaired) electrons. The lowest BCUT2D eigenvalue weighted by Crippen LogP contribution is -2.44. The molecule has 0 saturated carbocycles. The van der Waals surface area contributed by atoms with Crippen molar-refractivity contribution in [3.05, 3.63) is 28.7 Å². The molecule has 0 aliphatic carbocycles. The Morgan fingerprint density at radius 3 is 2.53 bits per heavy atom. The van der Waals surface area contributed by atoms with Gasteiger partial charge in [0.05, 0.1) is 4.90 Å². The van der Waals surface area contributed by atoms with Gasteiger partial charge in [-0.3, -0.25) is 4.79 Å². The zero-order valence-corrected chi connectivity index (χ0v) is 10.5. The van der Waals surface area contributed by atoms with Gasteiger partial charge in [0.1, 0.15) is 0 Å². The maximum Gasteiger partial charge on any atom is 0.247 e. The van der Waals surface area contributed by atoms with Gasteiger partial charge in [-0.15, -0.1) is 0 Å². The van der Waals surface area contributed by atoms with Crippen LogP contribution in [0.5, 0.6) is 0 Å². The third-order valence-corrected chi connectivity index (χ3v) is 3.91. The lowest BCUT2D eigenvalue weighted by Gasteiger charge is -2.24. The summed E-state index contributed by atoms with van der Waals surface area (Å²) in [6, 6.07) is 2.38. The van der Waals surface area contributed by atoms with Crippen molar-refractivity contribution < 1.29 is 13.5 Å². The van der Waals surface area contributed by atoms with Gasteiger partial charge in [-0.05, 0) is 26.3 Å². The Bertz CT molecular complexity index is 513. The van der Waals surface area contributed by atoms with Gasteiger partial charge in [-0.2, -0.15) is 0 Å². The molecule has 0 unspecified atom stereocenters. The first kappa shape index (κ1) is 13.9. The number of hydrogen-bond donors (Lipinski definition) is 3. The van der Waals surface area contributed by atoms with Crippen LogP contribution in [-0.2, 0) is 10.0 Å². The number of H-pyrrole nitrogens is 1. The fraction of sp³-hybridized carbons (Fsp3) is 0.500. The van der Waals surface area contributed by atoms with Crippen LogP contribution >= 0.6 is 0 Å². The van der Waals surface area contributed by atoms with E-state index in [4.69, 9.17) is 5.11 Å². The number of rotatable bonds is 5. The first-order valence-electron chi connectivity index (χ1n) is 5.10. The zero-order chi connectivity index (χ0) is 13.1. The molecule has 0 aliphatic heterocycles. The van der Waals surface area contributed by atoms with Crippen LogP contribution in [-0.4, -0.2) is 30.7 Å². The highest BCUT2D eigenvalue weighted by atomic mass is 32.2. The zero-order valence-electron chi connectivity index (χ0n) is 9.73. The van der Waals surface area contributed by atoms with Gasteiger partial charge in [0, 0.05) is 24.4 Å². The topological polar surface area (TPSA) is 99.3 Å². The maximum absolute atomic E-state index is 11.9. The number of aliphatic hydroxyl groups is 1. The smallest absolute Gasteiger partial charge is 0.247 e. The molecule has 17 heavy (non-hydrogen) atoms. The predicted octanol–water partition coefficient (Wildman–Crippen LogP) is -0.186. The van der Waals surface area contributed by atoms with E-state index < -0.39 is 15.6 Å². The molecule has 7 heteroatoms. The van der Waals surface area contributed by atoms with Crippen LogP contribution in [0.25, 0.3) is 0 Å². The van der Waals surface area contributed by atoms with Gasteiger partial charge in [-0.25, -0.2) is 13.1 Å². The van der Waals surface area contributed by atoms with E-state index in [-0.39, 0.29) is 17.1 Å². The second kappa shape index (κ2) is 4.99. The third kappa shape index (κ3) is 3.95. The van der Waals surface area contributed by atoms with Gasteiger partial charge in [0.2, 0.25) is 15.6 Å². The average Bonchev–Trinajstić information content (AvgIpc) is 2.16. The van der Waals surface area contributed by atoms with Crippen molar-refractivity contribution in [2.75, 3.05) is 6.61 Å². The summed E-state index contributed by atoms with van der Waals surface area (Å²) in [7, 11) is -3.69. The second-order valence-electron chi connectivity index (χ2n) is 4.35. The molecule has 0 aliphatic rings. The minimum atomic E-state index is -3.69. The first-order chi connectivity index (χ1) is 7.77. The molecular weight excluding hydrogens is 244 g/mol. The highest BCUT2D eigenvalue weighted by molar-refractivity contribution is 7.89. The van der Waals surface area contributed by atoms with E-state index in [0.717, 1.165) is 12.3 Å². The Kier molecular flexibility index (Phi) is 4.07. The van der Waals surface area contributed by atoms with Crippen molar-refractivity contribution in [1.82, 2.24) is 9.71 Å². The SMILES string of the molecule is CC(C)(CCO)NS(=O)(=O)c1ccc(=O)[nH]c1. The first-order valence-corrected chi connectivity index (χ1v) is 6.59. The summed E-state index contributed by atoms with van der Waals surface area (Å²) in [6.07, 6.45) is 1.44. The number of aliphatic hydroxyl groups excluding tert-OH is 1. The molecule has 0 spiro atoms. The molecule has 0 bridgehead atoms. The quantitative estimate of drug-likeness (QED) is 0.683. The molecule has 1 heterocycles. The lowest BCUT2D eigenvalue weighted by atomic mass is 10.0. The molecule has 6 nitrogen and oxygen atoms in total. The Morgan fingerprint density at radius 1 is 1.41 bits per heavy atom. The largest absolute Gasteiger partial charge is 0.396 e. The van der Waals surface area contributed by atoms with Crippen molar-refractivity contribution in [2.45, 2.75) is 30.7 Å². The van der Waals surface area contributed by atoms with Crippen molar-refractivity contribution >= 4 is 10.0 Å². The molecule has 1 aromatic rings. The minimum absolute atomic E-state index is 0.0110. The van der Waals surface area contributed by atoms with Crippen molar-refractivity contribution in [3.63, 3.8) is 0 Å². The van der Waals surface area contributed by atoms with Crippen LogP contribution in [0, 0.1) is 0 Å². The molecule has 0 amide bonds. The van der Waals surface area contributed by atoms with Gasteiger partial charge >= 0.3 is 0 Å². The molecule has 0 atom stereocenters. The van der Waals surface area contributed by atoms with Crippen molar-refractivity contribution in [1.29, 1.82) is 0 Å². The molecule has 96 valence electrons. The summed E-state index contributed by atoms with van der Waals surface area (Å²) in [6.45, 7) is 3.24. The molecule has 3 N–H and O–H groups in total. The average molecular weight is 260 g/mol. The van der Waals surface area contributed by atoms with Gasteiger partial charge in [-0.1, -0.05) is 0 Å². The third-order valence-electron chi connectivity index (χ3n) is 2.21. The summed E-state index contributed by atoms with van der Waals surface area (Å²) in [5.74, 6) is 0. The minimum Gasteiger partial charge on any atom is -0.396 e. The van der Waals surface area contributed by atoms with E-state index in [1.54, 1.807) is 13.8 Å². The predicted molar refractivity (Wildman–Crippen MR) is 63.2 cm³/mol. The highest BCUT2D eigenvalue weighted by Gasteiger charge is 2.25. The summed E-state index contributed by atoms with van der Waals surface area (Å²) >= 11 is 0. The van der Waals surface area contributed by atoms with E-state index >= 15 is 0 Å². The Labute approximate surface area is 99.7 Å². The van der Waals surface area contributed by atoms with Crippen LogP contribution in [0.15, 0.2) is 28.0 Å². The molecule has 0 fully saturated rings. The number of pyridine rings is 1.